The molecule has 1 atom stereocenters. The van der Waals surface area contributed by atoms with Crippen LogP contribution in [0.15, 0.2) is 42.6 Å². The Morgan fingerprint density at radius 1 is 1.14 bits per heavy atom. The van der Waals surface area contributed by atoms with Crippen molar-refractivity contribution in [3.8, 4) is 0 Å². The van der Waals surface area contributed by atoms with E-state index in [-0.39, 0.29) is 5.91 Å². The van der Waals surface area contributed by atoms with Crippen LogP contribution in [0, 0.1) is 0 Å². The quantitative estimate of drug-likeness (QED) is 0.296. The molecule has 0 spiro atoms. The van der Waals surface area contributed by atoms with Crippen LogP contribution in [-0.4, -0.2) is 23.8 Å². The lowest BCUT2D eigenvalue weighted by molar-refractivity contribution is -0.117. The number of nitrogens with one attached hydrogen (secondary N) is 1. The highest BCUT2D eigenvalue weighted by Gasteiger charge is 2.09. The van der Waals surface area contributed by atoms with Gasteiger partial charge in [0, 0.05) is 25.1 Å². The number of hydrogen-bond acceptors (Lipinski definition) is 2. The number of carbonyl (C=O) groups is 1. The minimum atomic E-state index is 0.0391. The molecule has 0 saturated heterocycles. The van der Waals surface area contributed by atoms with Gasteiger partial charge in [-0.25, -0.2) is 0 Å². The highest BCUT2D eigenvalue weighted by atomic mass is 16.5. The molecular formula is C25H38N2O2. The summed E-state index contributed by atoms with van der Waals surface area (Å²) in [6.07, 6.45) is 17.3. The number of rotatable bonds is 14. The van der Waals surface area contributed by atoms with Gasteiger partial charge in [-0.1, -0.05) is 76.3 Å². The third-order valence-electron chi connectivity index (χ3n) is 5.49. The van der Waals surface area contributed by atoms with E-state index in [2.05, 4.69) is 37.5 Å². The van der Waals surface area contributed by atoms with Crippen molar-refractivity contribution in [3.63, 3.8) is 0 Å². The Morgan fingerprint density at radius 3 is 2.69 bits per heavy atom. The Hall–Kier alpha value is -2.07. The van der Waals surface area contributed by atoms with Crippen LogP contribution >= 0.6 is 0 Å². The fraction of sp³-hybridized carbons (Fsp3) is 0.560. The van der Waals surface area contributed by atoms with E-state index >= 15 is 0 Å². The molecule has 0 saturated carbocycles. The molecule has 2 rings (SSSR count). The predicted molar refractivity (Wildman–Crippen MR) is 123 cm³/mol. The standard InChI is InChI=1S/C25H38N2O2/c1-4-6-7-8-10-15-22(29-3)16-11-9-12-19-25(28)26-27-20-21(5-2)23-17-13-14-18-24(23)27/h9,11,13-14,17-18,20,22H,4-8,10,12,15-16,19H2,1-3H3,(H,26,28)/b11-9+/t22-/m1/s1. The van der Waals surface area contributed by atoms with Crippen LogP contribution in [0.25, 0.3) is 10.9 Å². The molecule has 1 heterocycles. The van der Waals surface area contributed by atoms with Crippen molar-refractivity contribution in [3.05, 3.63) is 48.2 Å². The topological polar surface area (TPSA) is 43.3 Å². The molecule has 2 aromatic rings. The maximum absolute atomic E-state index is 12.3. The van der Waals surface area contributed by atoms with Crippen LogP contribution in [0.1, 0.15) is 77.2 Å². The number of para-hydroxylation sites is 1. The van der Waals surface area contributed by atoms with Crippen molar-refractivity contribution < 1.29 is 9.53 Å². The first-order chi connectivity index (χ1) is 14.2. The van der Waals surface area contributed by atoms with E-state index in [9.17, 15) is 4.79 Å². The first-order valence-electron chi connectivity index (χ1n) is 11.3. The van der Waals surface area contributed by atoms with Gasteiger partial charge in [-0.15, -0.1) is 0 Å². The number of carbonyl (C=O) groups excluding carboxylic acids is 1. The Morgan fingerprint density at radius 2 is 1.93 bits per heavy atom. The number of benzene rings is 1. The summed E-state index contributed by atoms with van der Waals surface area (Å²) in [5.41, 5.74) is 5.32. The van der Waals surface area contributed by atoms with Gasteiger partial charge in [-0.2, -0.15) is 0 Å². The van der Waals surface area contributed by atoms with Crippen molar-refractivity contribution in [1.82, 2.24) is 4.68 Å². The number of ether oxygens (including phenoxy) is 1. The monoisotopic (exact) mass is 398 g/mol. The van der Waals surface area contributed by atoms with Crippen LogP contribution in [-0.2, 0) is 16.0 Å². The van der Waals surface area contributed by atoms with E-state index in [1.807, 2.05) is 29.1 Å². The normalized spacial score (nSPS) is 12.7. The molecule has 0 bridgehead atoms. The molecule has 0 aliphatic heterocycles. The summed E-state index contributed by atoms with van der Waals surface area (Å²) in [5, 5.41) is 1.20. The molecule has 1 aromatic heterocycles. The number of aromatic nitrogens is 1. The second-order valence-electron chi connectivity index (χ2n) is 7.74. The lowest BCUT2D eigenvalue weighted by atomic mass is 10.1. The summed E-state index contributed by atoms with van der Waals surface area (Å²) in [6, 6.07) is 8.19. The summed E-state index contributed by atoms with van der Waals surface area (Å²) >= 11 is 0. The van der Waals surface area contributed by atoms with Gasteiger partial charge in [0.15, 0.2) is 0 Å². The fourth-order valence-corrected chi connectivity index (χ4v) is 3.70. The van der Waals surface area contributed by atoms with Gasteiger partial charge in [-0.05, 0) is 37.3 Å². The van der Waals surface area contributed by atoms with Gasteiger partial charge in [0.25, 0.3) is 0 Å². The molecule has 1 aromatic carbocycles. The number of methoxy groups -OCH3 is 1. The highest BCUT2D eigenvalue weighted by Crippen LogP contribution is 2.20. The van der Waals surface area contributed by atoms with Crippen LogP contribution < -0.4 is 5.43 Å². The zero-order valence-corrected chi connectivity index (χ0v) is 18.5. The highest BCUT2D eigenvalue weighted by molar-refractivity contribution is 5.89. The van der Waals surface area contributed by atoms with E-state index in [0.29, 0.717) is 12.5 Å². The van der Waals surface area contributed by atoms with Gasteiger partial charge in [0.1, 0.15) is 0 Å². The minimum Gasteiger partial charge on any atom is -0.381 e. The lowest BCUT2D eigenvalue weighted by Gasteiger charge is -2.12. The number of amides is 1. The second kappa shape index (κ2) is 13.2. The van der Waals surface area contributed by atoms with Gasteiger partial charge < -0.3 is 4.74 Å². The molecule has 0 fully saturated rings. The Balaban J connectivity index is 1.71. The summed E-state index contributed by atoms with van der Waals surface area (Å²) in [5.74, 6) is 0.0391. The lowest BCUT2D eigenvalue weighted by Crippen LogP contribution is -2.21. The summed E-state index contributed by atoms with van der Waals surface area (Å²) in [4.78, 5) is 12.3. The molecule has 4 heteroatoms. The van der Waals surface area contributed by atoms with Crippen molar-refractivity contribution in [2.24, 2.45) is 0 Å². The predicted octanol–water partition coefficient (Wildman–Crippen LogP) is 6.38. The Bertz CT molecular complexity index is 763. The SMILES string of the molecule is CCCCCCC[C@H](C/C=C/CCC(=O)Nn1cc(CC)c2ccccc21)OC. The van der Waals surface area contributed by atoms with E-state index in [4.69, 9.17) is 4.74 Å². The first kappa shape index (κ1) is 23.2. The van der Waals surface area contributed by atoms with Crippen LogP contribution in [0.3, 0.4) is 0 Å². The molecule has 0 radical (unpaired) electrons. The van der Waals surface area contributed by atoms with Crippen molar-refractivity contribution in [2.75, 3.05) is 12.5 Å². The average Bonchev–Trinajstić information content (AvgIpc) is 3.09. The number of fused-ring (bicyclic) bond motifs is 1. The molecule has 0 unspecified atom stereocenters. The van der Waals surface area contributed by atoms with Gasteiger partial charge in [-0.3, -0.25) is 14.9 Å². The average molecular weight is 399 g/mol. The maximum atomic E-state index is 12.3. The third kappa shape index (κ3) is 7.69. The summed E-state index contributed by atoms with van der Waals surface area (Å²) < 4.78 is 7.44. The van der Waals surface area contributed by atoms with Crippen LogP contribution in [0.4, 0.5) is 0 Å². The molecule has 4 nitrogen and oxygen atoms in total. The summed E-state index contributed by atoms with van der Waals surface area (Å²) in [7, 11) is 1.80. The van der Waals surface area contributed by atoms with Crippen molar-refractivity contribution >= 4 is 16.8 Å². The van der Waals surface area contributed by atoms with Gasteiger partial charge in [0.05, 0.1) is 11.6 Å². The Kier molecular flexibility index (Phi) is 10.6. The smallest absolute Gasteiger partial charge is 0.239 e. The maximum Gasteiger partial charge on any atom is 0.239 e. The zero-order valence-electron chi connectivity index (χ0n) is 18.5. The molecule has 0 aliphatic rings. The molecular weight excluding hydrogens is 360 g/mol. The van der Waals surface area contributed by atoms with Crippen LogP contribution in [0.2, 0.25) is 0 Å². The zero-order chi connectivity index (χ0) is 20.9. The van der Waals surface area contributed by atoms with E-state index in [1.54, 1.807) is 7.11 Å². The molecule has 1 N–H and O–H groups in total. The first-order valence-corrected chi connectivity index (χ1v) is 11.3. The Labute approximate surface area is 176 Å². The van der Waals surface area contributed by atoms with Gasteiger partial charge >= 0.3 is 0 Å². The fourth-order valence-electron chi connectivity index (χ4n) is 3.70. The number of unbranched alkanes of at least 4 members (excludes halogenated alkanes) is 4. The van der Waals surface area contributed by atoms with E-state index in [1.165, 1.54) is 43.1 Å². The molecule has 160 valence electrons. The van der Waals surface area contributed by atoms with Crippen molar-refractivity contribution in [2.45, 2.75) is 84.2 Å². The second-order valence-corrected chi connectivity index (χ2v) is 7.74. The number of aryl methyl sites for hydroxylation is 1. The largest absolute Gasteiger partial charge is 0.381 e. The summed E-state index contributed by atoms with van der Waals surface area (Å²) in [6.45, 7) is 4.38. The van der Waals surface area contributed by atoms with Crippen molar-refractivity contribution in [1.29, 1.82) is 0 Å². The third-order valence-corrected chi connectivity index (χ3v) is 5.49. The van der Waals surface area contributed by atoms with Gasteiger partial charge in [0.2, 0.25) is 5.91 Å². The minimum absolute atomic E-state index is 0.0391. The van der Waals surface area contributed by atoms with Crippen LogP contribution in [0.5, 0.6) is 0 Å². The number of allylic oxidation sites excluding steroid dienone is 1. The molecule has 1 amide bonds. The molecule has 0 aliphatic carbocycles. The molecule has 29 heavy (non-hydrogen) atoms. The van der Waals surface area contributed by atoms with E-state index < -0.39 is 0 Å². The van der Waals surface area contributed by atoms with E-state index in [0.717, 1.165) is 31.2 Å². The number of nitrogens with zero attached hydrogens (tertiary/aromatic N) is 1. The number of hydrogen-bond donors (Lipinski definition) is 1.